The first-order chi connectivity index (χ1) is 19.4. The second kappa shape index (κ2) is 12.0. The number of anilines is 1. The van der Waals surface area contributed by atoms with Gasteiger partial charge in [-0.1, -0.05) is 43.3 Å². The molecule has 2 aromatic carbocycles. The summed E-state index contributed by atoms with van der Waals surface area (Å²) in [5.74, 6) is 3.89. The Hall–Kier alpha value is -2.10. The summed E-state index contributed by atoms with van der Waals surface area (Å²) >= 11 is 1.68. The van der Waals surface area contributed by atoms with Crippen LogP contribution in [0.2, 0.25) is 0 Å². The van der Waals surface area contributed by atoms with E-state index in [0.29, 0.717) is 5.75 Å². The number of urea groups is 1. The van der Waals surface area contributed by atoms with Crippen molar-refractivity contribution < 1.29 is 24.5 Å². The van der Waals surface area contributed by atoms with Crippen molar-refractivity contribution in [2.75, 3.05) is 23.4 Å². The number of rotatable bonds is 9. The molecule has 1 saturated heterocycles. The summed E-state index contributed by atoms with van der Waals surface area (Å²) in [6, 6.07) is 15.5. The molecule has 216 valence electrons. The number of amides is 2. The summed E-state index contributed by atoms with van der Waals surface area (Å²) in [6.07, 6.45) is 6.66. The van der Waals surface area contributed by atoms with E-state index < -0.39 is 6.29 Å². The highest BCUT2D eigenvalue weighted by atomic mass is 32.2. The van der Waals surface area contributed by atoms with Crippen molar-refractivity contribution in [3.63, 3.8) is 0 Å². The minimum Gasteiger partial charge on any atom is -0.396 e. The fraction of sp³-hybridized carbons (Fsp3) is 0.594. The molecule has 4 aliphatic carbocycles. The minimum atomic E-state index is -0.548. The highest BCUT2D eigenvalue weighted by molar-refractivity contribution is 7.99. The van der Waals surface area contributed by atoms with Gasteiger partial charge in [0.05, 0.1) is 25.4 Å². The molecule has 7 rings (SSSR count). The number of hydrogen-bond acceptors (Lipinski definition) is 6. The van der Waals surface area contributed by atoms with Gasteiger partial charge in [0, 0.05) is 34.2 Å². The molecule has 2 aromatic rings. The van der Waals surface area contributed by atoms with Crippen molar-refractivity contribution in [2.45, 2.75) is 76.1 Å². The lowest BCUT2D eigenvalue weighted by Gasteiger charge is -2.56. The number of nitrogens with one attached hydrogen (secondary N) is 2. The number of carbonyl (C=O) groups excluding carboxylic acids is 1. The number of thioether (sulfide) groups is 1. The fourth-order valence-corrected chi connectivity index (χ4v) is 8.87. The first-order valence-corrected chi connectivity index (χ1v) is 16.0. The lowest BCUT2D eigenvalue weighted by molar-refractivity contribution is -0.268. The van der Waals surface area contributed by atoms with Crippen LogP contribution < -0.4 is 10.6 Å². The van der Waals surface area contributed by atoms with Gasteiger partial charge in [-0.3, -0.25) is 0 Å². The summed E-state index contributed by atoms with van der Waals surface area (Å²) in [5, 5.41) is 25.2. The molecule has 5 fully saturated rings. The third kappa shape index (κ3) is 6.07. The molecule has 1 heterocycles. The predicted octanol–water partition coefficient (Wildman–Crippen LogP) is 5.79. The molecule has 0 spiro atoms. The van der Waals surface area contributed by atoms with Crippen LogP contribution in [0.3, 0.4) is 0 Å². The predicted molar refractivity (Wildman–Crippen MR) is 157 cm³/mol. The molecule has 0 radical (unpaired) electrons. The lowest BCUT2D eigenvalue weighted by Crippen LogP contribution is -2.60. The van der Waals surface area contributed by atoms with Crippen LogP contribution in [0, 0.1) is 23.7 Å². The Morgan fingerprint density at radius 2 is 1.55 bits per heavy atom. The van der Waals surface area contributed by atoms with Crippen LogP contribution in [0.4, 0.5) is 10.5 Å². The maximum absolute atomic E-state index is 13.0. The Morgan fingerprint density at radius 1 is 0.925 bits per heavy atom. The number of hydrogen-bond donors (Lipinski definition) is 4. The van der Waals surface area contributed by atoms with E-state index in [1.54, 1.807) is 11.8 Å². The lowest BCUT2D eigenvalue weighted by atomic mass is 9.53. The zero-order chi connectivity index (χ0) is 27.7. The molecular weight excluding hydrogens is 524 g/mol. The van der Waals surface area contributed by atoms with Gasteiger partial charge in [0.1, 0.15) is 0 Å². The van der Waals surface area contributed by atoms with Crippen LogP contribution in [0.25, 0.3) is 0 Å². The molecule has 5 aliphatic rings. The molecule has 8 heteroatoms. The molecule has 4 bridgehead atoms. The van der Waals surface area contributed by atoms with Crippen molar-refractivity contribution >= 4 is 23.5 Å². The first kappa shape index (κ1) is 28.0. The quantitative estimate of drug-likeness (QED) is 0.287. The number of ether oxygens (including phenoxy) is 2. The number of benzene rings is 2. The van der Waals surface area contributed by atoms with Crippen LogP contribution in [0.1, 0.15) is 74.5 Å². The van der Waals surface area contributed by atoms with Gasteiger partial charge in [-0.05, 0) is 79.5 Å². The third-order valence-electron chi connectivity index (χ3n) is 9.50. The second-order valence-corrected chi connectivity index (χ2v) is 13.7. The van der Waals surface area contributed by atoms with Gasteiger partial charge in [-0.15, -0.1) is 0 Å². The smallest absolute Gasteiger partial charge is 0.319 e. The summed E-state index contributed by atoms with van der Waals surface area (Å²) in [7, 11) is 0. The maximum Gasteiger partial charge on any atom is 0.319 e. The van der Waals surface area contributed by atoms with Crippen LogP contribution in [0.15, 0.2) is 48.5 Å². The van der Waals surface area contributed by atoms with E-state index in [1.165, 1.54) is 19.3 Å². The molecule has 0 aromatic heterocycles. The van der Waals surface area contributed by atoms with E-state index in [2.05, 4.69) is 17.6 Å². The molecule has 1 aliphatic heterocycles. The van der Waals surface area contributed by atoms with E-state index in [-0.39, 0.29) is 42.9 Å². The average Bonchev–Trinajstić information content (AvgIpc) is 2.93. The van der Waals surface area contributed by atoms with Crippen LogP contribution in [0.5, 0.6) is 0 Å². The van der Waals surface area contributed by atoms with E-state index in [4.69, 9.17) is 9.47 Å². The number of carbonyl (C=O) groups is 1. The first-order valence-electron chi connectivity index (χ1n) is 14.8. The Labute approximate surface area is 241 Å². The molecule has 4 saturated carbocycles. The van der Waals surface area contributed by atoms with E-state index in [1.807, 2.05) is 48.5 Å². The van der Waals surface area contributed by atoms with Crippen molar-refractivity contribution in [1.29, 1.82) is 0 Å². The van der Waals surface area contributed by atoms with Gasteiger partial charge in [0.25, 0.3) is 0 Å². The topological polar surface area (TPSA) is 100 Å². The Bertz CT molecular complexity index is 1120. The highest BCUT2D eigenvalue weighted by Crippen LogP contribution is 2.55. The van der Waals surface area contributed by atoms with Gasteiger partial charge in [-0.25, -0.2) is 4.79 Å². The monoisotopic (exact) mass is 566 g/mol. The van der Waals surface area contributed by atoms with Gasteiger partial charge in [-0.2, -0.15) is 11.8 Å². The molecular formula is C32H42N2O5S. The van der Waals surface area contributed by atoms with Crippen LogP contribution in [-0.2, 0) is 16.1 Å². The molecule has 7 nitrogen and oxygen atoms in total. The maximum atomic E-state index is 13.0. The van der Waals surface area contributed by atoms with Gasteiger partial charge < -0.3 is 30.3 Å². The van der Waals surface area contributed by atoms with Crippen molar-refractivity contribution in [1.82, 2.24) is 5.32 Å². The standard InChI is InChI=1S/C32H42N2O5S/c1-20-28(19-40-11-10-35)38-30(39-29(20)25-4-2-21(18-36)3-5-25)26-6-8-27(9-7-26)33-31(37)34-32-15-22-12-23(16-32)14-24(13-22)17-32/h2-9,20,22-24,28-30,35-36H,10-19H2,1H3,(H2,33,34,37)/t20-,22?,23?,24?,28+,29+,30+,32?/m1/s1. The molecule has 4 N–H and O–H groups in total. The molecule has 40 heavy (non-hydrogen) atoms. The van der Waals surface area contributed by atoms with Crippen LogP contribution in [-0.4, -0.2) is 46.0 Å². The normalized spacial score (nSPS) is 34.5. The molecule has 0 unspecified atom stereocenters. The summed E-state index contributed by atoms with van der Waals surface area (Å²) in [6.45, 7) is 2.29. The zero-order valence-electron chi connectivity index (χ0n) is 23.3. The Kier molecular flexibility index (Phi) is 8.43. The Morgan fingerprint density at radius 3 is 2.15 bits per heavy atom. The average molecular weight is 567 g/mol. The minimum absolute atomic E-state index is 0.00840. The SMILES string of the molecule is C[C@@H]1[C@H](CSCCO)O[C@H](c2ccc(NC(=O)NC34CC5CC(CC(C5)C3)C4)cc2)O[C@@H]1c1ccc(CO)cc1. The van der Waals surface area contributed by atoms with Gasteiger partial charge in [0.15, 0.2) is 6.29 Å². The third-order valence-corrected chi connectivity index (χ3v) is 10.5. The molecule has 2 amide bonds. The van der Waals surface area contributed by atoms with Crippen molar-refractivity contribution in [3.05, 3.63) is 65.2 Å². The number of aliphatic hydroxyl groups is 2. The summed E-state index contributed by atoms with van der Waals surface area (Å²) in [5.41, 5.74) is 3.54. The largest absolute Gasteiger partial charge is 0.396 e. The van der Waals surface area contributed by atoms with Crippen molar-refractivity contribution in [3.8, 4) is 0 Å². The summed E-state index contributed by atoms with van der Waals surface area (Å²) < 4.78 is 13.0. The Balaban J connectivity index is 1.12. The van der Waals surface area contributed by atoms with Crippen molar-refractivity contribution in [2.24, 2.45) is 23.7 Å². The van der Waals surface area contributed by atoms with E-state index in [9.17, 15) is 15.0 Å². The fourth-order valence-electron chi connectivity index (χ4n) is 7.96. The summed E-state index contributed by atoms with van der Waals surface area (Å²) in [4.78, 5) is 13.0. The van der Waals surface area contributed by atoms with E-state index >= 15 is 0 Å². The number of aliphatic hydroxyl groups excluding tert-OH is 2. The molecule has 4 atom stereocenters. The van der Waals surface area contributed by atoms with E-state index in [0.717, 1.165) is 65.1 Å². The van der Waals surface area contributed by atoms with Gasteiger partial charge >= 0.3 is 6.03 Å². The highest BCUT2D eigenvalue weighted by Gasteiger charge is 2.51. The van der Waals surface area contributed by atoms with Gasteiger partial charge in [0.2, 0.25) is 0 Å². The van der Waals surface area contributed by atoms with Crippen LogP contribution >= 0.6 is 11.8 Å². The second-order valence-electron chi connectivity index (χ2n) is 12.5. The zero-order valence-corrected chi connectivity index (χ0v) is 24.1.